The summed E-state index contributed by atoms with van der Waals surface area (Å²) in [5.74, 6) is 0.222. The lowest BCUT2D eigenvalue weighted by atomic mass is 9.78. The van der Waals surface area contributed by atoms with Gasteiger partial charge in [0.1, 0.15) is 0 Å². The molecule has 0 fully saturated rings. The van der Waals surface area contributed by atoms with E-state index in [0.717, 1.165) is 16.7 Å². The number of benzene rings is 2. The summed E-state index contributed by atoms with van der Waals surface area (Å²) in [6.07, 6.45) is 0. The molecule has 0 aliphatic carbocycles. The summed E-state index contributed by atoms with van der Waals surface area (Å²) in [5, 5.41) is 18.6. The van der Waals surface area contributed by atoms with E-state index >= 15 is 0 Å². The molecule has 8 heteroatoms. The van der Waals surface area contributed by atoms with Gasteiger partial charge >= 0.3 is 17.4 Å². The lowest BCUT2D eigenvalue weighted by Gasteiger charge is -2.08. The Bertz CT molecular complexity index is 819. The fraction of sp³-hybridized carbons (Fsp3) is 0.0769. The van der Waals surface area contributed by atoms with E-state index in [1.807, 2.05) is 13.0 Å². The Hall–Kier alpha value is -2.03. The van der Waals surface area contributed by atoms with Crippen molar-refractivity contribution in [3.63, 3.8) is 0 Å². The molecule has 0 atom stereocenters. The van der Waals surface area contributed by atoms with Crippen LogP contribution >= 0.6 is 0 Å². The predicted molar refractivity (Wildman–Crippen MR) is 79.6 cm³/mol. The van der Waals surface area contributed by atoms with Gasteiger partial charge in [0.2, 0.25) is 0 Å². The van der Waals surface area contributed by atoms with Gasteiger partial charge in [-0.3, -0.25) is 0 Å². The van der Waals surface area contributed by atoms with E-state index < -0.39 is 17.4 Å². The Morgan fingerprint density at radius 1 is 1.10 bits per heavy atom. The third kappa shape index (κ3) is 2.73. The number of fused-ring (bicyclic) bond motifs is 1. The number of hydrogen-bond donors (Lipinski definition) is 3. The van der Waals surface area contributed by atoms with Crippen molar-refractivity contribution in [2.24, 2.45) is 0 Å². The third-order valence-corrected chi connectivity index (χ3v) is 4.02. The Balaban J connectivity index is 2.07. The van der Waals surface area contributed by atoms with Crippen LogP contribution in [0.25, 0.3) is 11.1 Å². The minimum absolute atomic E-state index is 0.222. The van der Waals surface area contributed by atoms with Crippen molar-refractivity contribution in [1.29, 1.82) is 0 Å². The number of rotatable bonds is 2. The van der Waals surface area contributed by atoms with Crippen molar-refractivity contribution >= 4 is 28.6 Å². The van der Waals surface area contributed by atoms with Crippen molar-refractivity contribution in [2.45, 2.75) is 6.92 Å². The first kappa shape index (κ1) is 13.9. The normalized spacial score (nSPS) is 15.0. The van der Waals surface area contributed by atoms with Crippen LogP contribution in [0.15, 0.2) is 36.4 Å². The van der Waals surface area contributed by atoms with E-state index in [9.17, 15) is 18.5 Å². The van der Waals surface area contributed by atoms with Gasteiger partial charge in [0.05, 0.1) is 5.69 Å². The molecule has 2 aromatic rings. The summed E-state index contributed by atoms with van der Waals surface area (Å²) in [6, 6.07) is 10.1. The maximum atomic E-state index is 11.3. The lowest BCUT2D eigenvalue weighted by Crippen LogP contribution is -2.30. The maximum absolute atomic E-state index is 11.3. The molecule has 2 aromatic carbocycles. The smallest absolute Gasteiger partial charge is 0.423 e. The quantitative estimate of drug-likeness (QED) is 0.698. The second-order valence-corrected chi connectivity index (χ2v) is 6.14. The maximum Gasteiger partial charge on any atom is 0.488 e. The molecule has 1 aliphatic rings. The van der Waals surface area contributed by atoms with Gasteiger partial charge in [0.15, 0.2) is 5.75 Å². The molecule has 1 aliphatic heterocycles. The van der Waals surface area contributed by atoms with E-state index in [0.29, 0.717) is 11.2 Å². The van der Waals surface area contributed by atoms with Gasteiger partial charge < -0.3 is 14.2 Å². The zero-order valence-corrected chi connectivity index (χ0v) is 11.9. The largest absolute Gasteiger partial charge is 0.488 e. The van der Waals surface area contributed by atoms with Crippen molar-refractivity contribution in [3.8, 4) is 16.9 Å². The lowest BCUT2D eigenvalue weighted by molar-refractivity contribution is 0.425. The van der Waals surface area contributed by atoms with E-state index in [1.54, 1.807) is 30.3 Å². The summed E-state index contributed by atoms with van der Waals surface area (Å²) >= 11 is 0. The van der Waals surface area contributed by atoms with Gasteiger partial charge in [0, 0.05) is 0 Å². The second-order valence-electron chi connectivity index (χ2n) is 4.86. The van der Waals surface area contributed by atoms with Crippen LogP contribution in [0.4, 0.5) is 5.69 Å². The van der Waals surface area contributed by atoms with Crippen molar-refractivity contribution < 1.29 is 22.6 Å². The summed E-state index contributed by atoms with van der Waals surface area (Å²) in [7, 11) is -5.32. The van der Waals surface area contributed by atoms with Crippen LogP contribution in [0.5, 0.6) is 5.75 Å². The number of aryl methyl sites for hydroxylation is 1. The van der Waals surface area contributed by atoms with Crippen LogP contribution in [0.1, 0.15) is 5.56 Å². The molecular weight excluding hydrogens is 293 g/mol. The molecule has 0 amide bonds. The molecule has 0 radical (unpaired) electrons. The standard InChI is InChI=1S/C13H12BNO5S/c1-8-4-10(6-11(5-8)14(16)17)9-2-3-12-13(7-9)20-21(18,19)15-12/h2-7,15-17H,1H3. The summed E-state index contributed by atoms with van der Waals surface area (Å²) in [4.78, 5) is 0. The molecule has 0 saturated carbocycles. The first-order chi connectivity index (χ1) is 9.84. The second kappa shape index (κ2) is 4.76. The SMILES string of the molecule is Cc1cc(B(O)O)cc(-c2ccc3c(c2)OS(=O)(=O)N3)c1. The van der Waals surface area contributed by atoms with Gasteiger partial charge in [-0.15, -0.1) is 0 Å². The Labute approximate surface area is 122 Å². The van der Waals surface area contributed by atoms with Crippen LogP contribution in [0.3, 0.4) is 0 Å². The molecule has 0 aromatic heterocycles. The van der Waals surface area contributed by atoms with Gasteiger partial charge in [-0.1, -0.05) is 29.8 Å². The summed E-state index contributed by atoms with van der Waals surface area (Å²) in [5.41, 5.74) is 3.08. The van der Waals surface area contributed by atoms with E-state index in [2.05, 4.69) is 4.72 Å². The molecule has 0 saturated heterocycles. The van der Waals surface area contributed by atoms with Crippen LogP contribution in [0, 0.1) is 6.92 Å². The molecular formula is C13H12BNO5S. The number of anilines is 1. The first-order valence-corrected chi connectivity index (χ1v) is 7.59. The third-order valence-electron chi connectivity index (χ3n) is 3.15. The molecule has 0 unspecified atom stereocenters. The molecule has 1 heterocycles. The fourth-order valence-corrected chi connectivity index (χ4v) is 3.11. The molecule has 21 heavy (non-hydrogen) atoms. The fourth-order valence-electron chi connectivity index (χ4n) is 2.26. The van der Waals surface area contributed by atoms with Crippen LogP contribution in [-0.2, 0) is 10.3 Å². The highest BCUT2D eigenvalue weighted by Crippen LogP contribution is 2.36. The molecule has 108 valence electrons. The highest BCUT2D eigenvalue weighted by Gasteiger charge is 2.25. The van der Waals surface area contributed by atoms with Crippen LogP contribution in [-0.4, -0.2) is 25.6 Å². The average molecular weight is 305 g/mol. The van der Waals surface area contributed by atoms with Crippen molar-refractivity contribution in [2.75, 3.05) is 4.72 Å². The van der Waals surface area contributed by atoms with E-state index in [-0.39, 0.29) is 5.75 Å². The van der Waals surface area contributed by atoms with Crippen LogP contribution in [0.2, 0.25) is 0 Å². The molecule has 0 spiro atoms. The van der Waals surface area contributed by atoms with Gasteiger partial charge in [-0.05, 0) is 35.6 Å². The number of hydrogen-bond acceptors (Lipinski definition) is 5. The summed E-state index contributed by atoms with van der Waals surface area (Å²) < 4.78 is 29.8. The molecule has 3 rings (SSSR count). The van der Waals surface area contributed by atoms with Gasteiger partial charge in [0.25, 0.3) is 0 Å². The Morgan fingerprint density at radius 3 is 2.57 bits per heavy atom. The number of nitrogens with one attached hydrogen (secondary N) is 1. The van der Waals surface area contributed by atoms with Crippen LogP contribution < -0.4 is 14.4 Å². The monoisotopic (exact) mass is 305 g/mol. The molecule has 0 bridgehead atoms. The minimum atomic E-state index is -3.76. The zero-order chi connectivity index (χ0) is 15.2. The first-order valence-electron chi connectivity index (χ1n) is 6.18. The zero-order valence-electron chi connectivity index (χ0n) is 11.1. The summed E-state index contributed by atoms with van der Waals surface area (Å²) in [6.45, 7) is 1.84. The Kier molecular flexibility index (Phi) is 3.16. The molecule has 3 N–H and O–H groups in total. The van der Waals surface area contributed by atoms with Gasteiger partial charge in [-0.2, -0.15) is 8.42 Å². The van der Waals surface area contributed by atoms with E-state index in [1.165, 1.54) is 0 Å². The highest BCUT2D eigenvalue weighted by molar-refractivity contribution is 7.88. The predicted octanol–water partition coefficient (Wildman–Crippen LogP) is 0.391. The average Bonchev–Trinajstić information content (AvgIpc) is 2.70. The highest BCUT2D eigenvalue weighted by atomic mass is 32.2. The van der Waals surface area contributed by atoms with Crippen molar-refractivity contribution in [3.05, 3.63) is 42.0 Å². The minimum Gasteiger partial charge on any atom is -0.423 e. The van der Waals surface area contributed by atoms with E-state index in [4.69, 9.17) is 4.18 Å². The Morgan fingerprint density at radius 2 is 1.86 bits per heavy atom. The molecule has 6 nitrogen and oxygen atoms in total. The van der Waals surface area contributed by atoms with Gasteiger partial charge in [-0.25, -0.2) is 4.72 Å². The van der Waals surface area contributed by atoms with Crippen molar-refractivity contribution in [1.82, 2.24) is 0 Å². The topological polar surface area (TPSA) is 95.9 Å².